The van der Waals surface area contributed by atoms with E-state index in [0.29, 0.717) is 18.7 Å². The van der Waals surface area contributed by atoms with Gasteiger partial charge in [-0.1, -0.05) is 0 Å². The largest absolute Gasteiger partial charge is 0.481 e. The molecule has 25 heavy (non-hydrogen) atoms. The van der Waals surface area contributed by atoms with Gasteiger partial charge in [0.25, 0.3) is 0 Å². The van der Waals surface area contributed by atoms with E-state index in [1.54, 1.807) is 29.8 Å². The summed E-state index contributed by atoms with van der Waals surface area (Å²) in [6.45, 7) is 2.52. The molecular weight excluding hydrogens is 326 g/mol. The van der Waals surface area contributed by atoms with Gasteiger partial charge in [-0.25, -0.2) is 4.79 Å². The first-order chi connectivity index (χ1) is 12.0. The number of carbonyl (C=O) groups excluding carboxylic acids is 2. The summed E-state index contributed by atoms with van der Waals surface area (Å²) in [5, 5.41) is 14.7. The van der Waals surface area contributed by atoms with Crippen molar-refractivity contribution < 1.29 is 24.2 Å². The number of esters is 1. The van der Waals surface area contributed by atoms with E-state index in [4.69, 9.17) is 9.84 Å². The maximum absolute atomic E-state index is 11.8. The van der Waals surface area contributed by atoms with E-state index in [2.05, 4.69) is 10.6 Å². The van der Waals surface area contributed by atoms with Gasteiger partial charge in [-0.2, -0.15) is 0 Å². The van der Waals surface area contributed by atoms with Gasteiger partial charge in [-0.3, -0.25) is 9.59 Å². The second kappa shape index (κ2) is 8.72. The third-order valence-electron chi connectivity index (χ3n) is 3.49. The van der Waals surface area contributed by atoms with E-state index in [-0.39, 0.29) is 25.5 Å². The van der Waals surface area contributed by atoms with Crippen molar-refractivity contribution in [1.82, 2.24) is 9.88 Å². The standard InChI is InChI=1S/C17H21N3O5/c1-2-25-16(23)11-20-9-7-12-10-13(5-6-14(12)20)19-17(24)18-8-3-4-15(21)22/h5-7,9-10H,2-4,8,11H2,1H3,(H,21,22)(H2,18,19,24). The number of ether oxygens (including phenoxy) is 1. The number of hydrogen-bond acceptors (Lipinski definition) is 4. The molecule has 8 heteroatoms. The summed E-state index contributed by atoms with van der Waals surface area (Å²) >= 11 is 0. The summed E-state index contributed by atoms with van der Waals surface area (Å²) in [6, 6.07) is 6.81. The molecule has 1 aromatic carbocycles. The van der Waals surface area contributed by atoms with Crippen molar-refractivity contribution in [1.29, 1.82) is 0 Å². The van der Waals surface area contributed by atoms with Crippen LogP contribution in [-0.4, -0.2) is 40.8 Å². The van der Waals surface area contributed by atoms with E-state index in [1.165, 1.54) is 0 Å². The van der Waals surface area contributed by atoms with Crippen LogP contribution in [0.2, 0.25) is 0 Å². The molecule has 0 saturated heterocycles. The fraction of sp³-hybridized carbons (Fsp3) is 0.353. The first kappa shape index (κ1) is 18.3. The Morgan fingerprint density at radius 3 is 2.76 bits per heavy atom. The van der Waals surface area contributed by atoms with E-state index < -0.39 is 12.0 Å². The Kier molecular flexibility index (Phi) is 6.39. The summed E-state index contributed by atoms with van der Waals surface area (Å²) in [7, 11) is 0. The Labute approximate surface area is 144 Å². The lowest BCUT2D eigenvalue weighted by molar-refractivity contribution is -0.143. The highest BCUT2D eigenvalue weighted by Gasteiger charge is 2.08. The molecule has 0 aliphatic rings. The van der Waals surface area contributed by atoms with Crippen molar-refractivity contribution in [3.63, 3.8) is 0 Å². The highest BCUT2D eigenvalue weighted by atomic mass is 16.5. The molecule has 134 valence electrons. The molecule has 0 bridgehead atoms. The van der Waals surface area contributed by atoms with Crippen LogP contribution in [0, 0.1) is 0 Å². The Morgan fingerprint density at radius 1 is 1.24 bits per heavy atom. The quantitative estimate of drug-likeness (QED) is 0.501. The number of fused-ring (bicyclic) bond motifs is 1. The molecular formula is C17H21N3O5. The van der Waals surface area contributed by atoms with Gasteiger partial charge in [-0.05, 0) is 37.6 Å². The molecule has 0 atom stereocenters. The minimum absolute atomic E-state index is 0.0141. The summed E-state index contributed by atoms with van der Waals surface area (Å²) in [6.07, 6.45) is 2.18. The number of benzene rings is 1. The zero-order valence-electron chi connectivity index (χ0n) is 13.9. The molecule has 2 aromatic rings. The second-order valence-corrected chi connectivity index (χ2v) is 5.40. The van der Waals surface area contributed by atoms with E-state index >= 15 is 0 Å². The molecule has 0 spiro atoms. The Bertz CT molecular complexity index is 769. The molecule has 1 heterocycles. The number of nitrogens with one attached hydrogen (secondary N) is 2. The highest BCUT2D eigenvalue weighted by Crippen LogP contribution is 2.20. The second-order valence-electron chi connectivity index (χ2n) is 5.40. The van der Waals surface area contributed by atoms with E-state index in [0.717, 1.165) is 10.9 Å². The topological polar surface area (TPSA) is 110 Å². The fourth-order valence-corrected chi connectivity index (χ4v) is 2.38. The molecule has 0 fully saturated rings. The minimum Gasteiger partial charge on any atom is -0.481 e. The summed E-state index contributed by atoms with van der Waals surface area (Å²) < 4.78 is 6.72. The average molecular weight is 347 g/mol. The van der Waals surface area contributed by atoms with Crippen molar-refractivity contribution in [3.05, 3.63) is 30.5 Å². The third-order valence-corrected chi connectivity index (χ3v) is 3.49. The van der Waals surface area contributed by atoms with Gasteiger partial charge in [0.05, 0.1) is 6.61 Å². The van der Waals surface area contributed by atoms with Crippen LogP contribution in [0.4, 0.5) is 10.5 Å². The van der Waals surface area contributed by atoms with Crippen molar-refractivity contribution in [2.75, 3.05) is 18.5 Å². The zero-order chi connectivity index (χ0) is 18.2. The first-order valence-corrected chi connectivity index (χ1v) is 8.00. The number of anilines is 1. The van der Waals surface area contributed by atoms with Gasteiger partial charge in [0.15, 0.2) is 0 Å². The molecule has 0 unspecified atom stereocenters. The summed E-state index contributed by atoms with van der Waals surface area (Å²) in [4.78, 5) is 33.8. The zero-order valence-corrected chi connectivity index (χ0v) is 13.9. The maximum Gasteiger partial charge on any atom is 0.325 e. The van der Waals surface area contributed by atoms with E-state index in [9.17, 15) is 14.4 Å². The number of rotatable bonds is 8. The fourth-order valence-electron chi connectivity index (χ4n) is 2.38. The predicted octanol–water partition coefficient (Wildman–Crippen LogP) is 2.19. The normalized spacial score (nSPS) is 10.4. The molecule has 0 aliphatic heterocycles. The number of aliphatic carboxylic acids is 1. The van der Waals surface area contributed by atoms with Gasteiger partial charge < -0.3 is 25.0 Å². The Morgan fingerprint density at radius 2 is 2.04 bits per heavy atom. The van der Waals surface area contributed by atoms with E-state index in [1.807, 2.05) is 12.1 Å². The lowest BCUT2D eigenvalue weighted by Gasteiger charge is -2.08. The van der Waals surface area contributed by atoms with Crippen molar-refractivity contribution in [2.45, 2.75) is 26.3 Å². The van der Waals surface area contributed by atoms with Crippen LogP contribution in [0.25, 0.3) is 10.9 Å². The van der Waals surface area contributed by atoms with Gasteiger partial charge >= 0.3 is 18.0 Å². The molecule has 1 aromatic heterocycles. The third kappa shape index (κ3) is 5.52. The van der Waals surface area contributed by atoms with Crippen LogP contribution in [0.15, 0.2) is 30.5 Å². The molecule has 0 saturated carbocycles. The first-order valence-electron chi connectivity index (χ1n) is 8.00. The SMILES string of the molecule is CCOC(=O)Cn1ccc2cc(NC(=O)NCCCC(=O)O)ccc21. The number of carbonyl (C=O) groups is 3. The van der Waals surface area contributed by atoms with Gasteiger partial charge in [-0.15, -0.1) is 0 Å². The number of hydrogen-bond donors (Lipinski definition) is 3. The predicted molar refractivity (Wildman–Crippen MR) is 92.5 cm³/mol. The molecule has 8 nitrogen and oxygen atoms in total. The van der Waals surface area contributed by atoms with Crippen molar-refractivity contribution in [3.8, 4) is 0 Å². The maximum atomic E-state index is 11.8. The summed E-state index contributed by atoms with van der Waals surface area (Å²) in [5.74, 6) is -1.19. The van der Waals surface area contributed by atoms with Crippen LogP contribution >= 0.6 is 0 Å². The number of nitrogens with zero attached hydrogens (tertiary/aromatic N) is 1. The van der Waals surface area contributed by atoms with Gasteiger partial charge in [0.2, 0.25) is 0 Å². The molecule has 0 aliphatic carbocycles. The summed E-state index contributed by atoms with van der Waals surface area (Å²) in [5.41, 5.74) is 1.47. The molecule has 3 N–H and O–H groups in total. The molecule has 2 amide bonds. The number of amides is 2. The van der Waals surface area contributed by atoms with Crippen molar-refractivity contribution in [2.24, 2.45) is 0 Å². The average Bonchev–Trinajstić information content (AvgIpc) is 2.94. The highest BCUT2D eigenvalue weighted by molar-refractivity contribution is 5.93. The Balaban J connectivity index is 1.94. The number of carboxylic acid groups (broad SMARTS) is 1. The van der Waals surface area contributed by atoms with Crippen LogP contribution < -0.4 is 10.6 Å². The van der Waals surface area contributed by atoms with Crippen molar-refractivity contribution >= 4 is 34.6 Å². The lowest BCUT2D eigenvalue weighted by atomic mass is 10.2. The van der Waals surface area contributed by atoms with Crippen LogP contribution in [-0.2, 0) is 20.9 Å². The molecule has 0 radical (unpaired) electrons. The lowest BCUT2D eigenvalue weighted by Crippen LogP contribution is -2.29. The Hall–Kier alpha value is -3.03. The number of carboxylic acids is 1. The monoisotopic (exact) mass is 347 g/mol. The van der Waals surface area contributed by atoms with Crippen LogP contribution in [0.3, 0.4) is 0 Å². The van der Waals surface area contributed by atoms with Gasteiger partial charge in [0.1, 0.15) is 6.54 Å². The van der Waals surface area contributed by atoms with Crippen LogP contribution in [0.5, 0.6) is 0 Å². The smallest absolute Gasteiger partial charge is 0.325 e. The minimum atomic E-state index is -0.889. The number of urea groups is 1. The van der Waals surface area contributed by atoms with Gasteiger partial charge in [0, 0.05) is 35.8 Å². The van der Waals surface area contributed by atoms with Crippen LogP contribution in [0.1, 0.15) is 19.8 Å². The number of aromatic nitrogens is 1. The molecule has 2 rings (SSSR count).